The summed E-state index contributed by atoms with van der Waals surface area (Å²) in [6.45, 7) is 70.4. The maximum atomic E-state index is 2.56. The van der Waals surface area contributed by atoms with Crippen LogP contribution in [0.4, 0.5) is 0 Å². The van der Waals surface area contributed by atoms with Crippen LogP contribution in [0, 0.1) is 0 Å². The van der Waals surface area contributed by atoms with Gasteiger partial charge in [-0.25, -0.2) is 0 Å². The number of nitrogens with zero attached hydrogens (tertiary/aromatic N) is 10. The van der Waals surface area contributed by atoms with Gasteiger partial charge in [0, 0.05) is 0 Å². The summed E-state index contributed by atoms with van der Waals surface area (Å²) in [6, 6.07) is 0. The number of unbranched alkanes of at least 4 members (excludes halogenated alkanes) is 3. The first-order valence-corrected chi connectivity index (χ1v) is 109. The van der Waals surface area contributed by atoms with Gasteiger partial charge < -0.3 is 0 Å². The topological polar surface area (TPSA) is 32.4 Å². The van der Waals surface area contributed by atoms with E-state index in [1.807, 2.05) is 0 Å². The molecule has 0 aromatic rings. The second-order valence-electron chi connectivity index (χ2n) is 36.4. The van der Waals surface area contributed by atoms with E-state index in [2.05, 4.69) is 310 Å². The molecule has 111 heavy (non-hydrogen) atoms. The van der Waals surface area contributed by atoms with Crippen LogP contribution in [-0.2, 0) is 0 Å². The van der Waals surface area contributed by atoms with E-state index in [-0.39, 0.29) is 0 Å². The summed E-state index contributed by atoms with van der Waals surface area (Å²) in [5, 5.41) is 0. The van der Waals surface area contributed by atoms with Crippen LogP contribution in [0.1, 0.15) is 209 Å². The Kier molecular flexibility index (Phi) is 139. The summed E-state index contributed by atoms with van der Waals surface area (Å²) in [4.78, 5) is 52.3. The molecular weight excluding hydrogens is 1930 g/mol. The van der Waals surface area contributed by atoms with Crippen molar-refractivity contribution in [1.29, 1.82) is 0 Å². The molecule has 0 rings (SSSR count). The molecule has 0 aliphatic heterocycles. The molecule has 0 amide bonds. The van der Waals surface area contributed by atoms with E-state index in [1.165, 1.54) is 234 Å². The molecule has 0 radical (unpaired) electrons. The first-order chi connectivity index (χ1) is 52.5. The summed E-state index contributed by atoms with van der Waals surface area (Å²) < 4.78 is 0. The van der Waals surface area contributed by atoms with Gasteiger partial charge in [-0.05, 0) is 0 Å². The zero-order valence-corrected chi connectivity index (χ0v) is 111. The van der Waals surface area contributed by atoms with Gasteiger partial charge in [0.25, 0.3) is 0 Å². The van der Waals surface area contributed by atoms with Crippen LogP contribution in [0.2, 0.25) is 155 Å². The Morgan fingerprint density at radius 1 is 0.153 bits per heavy atom. The number of hydrogen-bond donors (Lipinski definition) is 0. The van der Waals surface area contributed by atoms with Crippen LogP contribution >= 0.6 is 0 Å². The summed E-state index contributed by atoms with van der Waals surface area (Å²) in [5.41, 5.74) is 29.7. The molecule has 0 aromatic heterocycles. The fraction of sp³-hybridized carbons (Fsp3) is 1.00. The fourth-order valence-electron chi connectivity index (χ4n) is 12.8. The Bertz CT molecular complexity index is 1490. The molecule has 666 valence electrons. The molecule has 0 saturated heterocycles. The van der Waals surface area contributed by atoms with E-state index < -0.39 is 162 Å². The van der Waals surface area contributed by atoms with Crippen LogP contribution in [-0.4, -0.2) is 412 Å². The van der Waals surface area contributed by atoms with Gasteiger partial charge in [-0.1, -0.05) is 0 Å². The maximum absolute atomic E-state index is 2.56. The van der Waals surface area contributed by atoms with Crippen molar-refractivity contribution in [3.05, 3.63) is 0 Å². The van der Waals surface area contributed by atoms with Crippen molar-refractivity contribution >= 4 is 162 Å². The van der Waals surface area contributed by atoms with Crippen molar-refractivity contribution in [2.24, 2.45) is 0 Å². The molecule has 0 atom stereocenters. The zero-order chi connectivity index (χ0) is 87.6. The Morgan fingerprint density at radius 2 is 0.315 bits per heavy atom. The number of hydrogen-bond acceptors (Lipinski definition) is 10. The molecule has 10 nitrogen and oxygen atoms in total. The van der Waals surface area contributed by atoms with E-state index >= 15 is 0 Å². The predicted molar refractivity (Wildman–Crippen MR) is 552 cm³/mol. The second kappa shape index (κ2) is 112. The van der Waals surface area contributed by atoms with E-state index in [1.54, 1.807) is 69.7 Å². The summed E-state index contributed by atoms with van der Waals surface area (Å²) in [5.74, 6) is 0. The molecule has 0 fully saturated rings. The first kappa shape index (κ1) is 137. The van der Waals surface area contributed by atoms with Crippen molar-refractivity contribution in [2.45, 2.75) is 364 Å². The Morgan fingerprint density at radius 3 is 0.550 bits per heavy atom. The van der Waals surface area contributed by atoms with Crippen molar-refractivity contribution in [3.63, 3.8) is 0 Å². The van der Waals surface area contributed by atoms with Gasteiger partial charge >= 0.3 is 776 Å². The molecule has 0 saturated carbocycles. The second-order valence-corrected chi connectivity index (χ2v) is 112. The minimum atomic E-state index is -0.761. The Balaban J connectivity index is -0.000000128. The Hall–Kier alpha value is 5.96. The van der Waals surface area contributed by atoms with Crippen LogP contribution in [0.25, 0.3) is 0 Å². The van der Waals surface area contributed by atoms with Crippen molar-refractivity contribution in [3.8, 4) is 0 Å². The molecule has 0 aliphatic carbocycles. The van der Waals surface area contributed by atoms with Gasteiger partial charge in [-0.2, -0.15) is 0 Å². The predicted octanol–water partition coefficient (Wildman–Crippen LogP) is 25.1. The van der Waals surface area contributed by atoms with Crippen molar-refractivity contribution in [1.82, 2.24) is 49.0 Å². The van der Waals surface area contributed by atoms with Crippen LogP contribution in [0.3, 0.4) is 0 Å². The average Bonchev–Trinajstić information content (AvgIpc) is 1.03. The monoisotopic (exact) mass is 2150 g/mol. The summed E-state index contributed by atoms with van der Waals surface area (Å²) >= 11 is -6.92. The van der Waals surface area contributed by atoms with Gasteiger partial charge in [0.2, 0.25) is 0 Å². The van der Waals surface area contributed by atoms with E-state index in [4.69, 9.17) is 0 Å². The molecule has 20 heteroatoms. The first-order valence-electron chi connectivity index (χ1n) is 49.4. The number of rotatable bonds is 61. The quantitative estimate of drug-likeness (QED) is 0.0434. The normalized spacial score (nSPS) is 10.6. The van der Waals surface area contributed by atoms with E-state index in [0.717, 1.165) is 0 Å². The van der Waals surface area contributed by atoms with Crippen LogP contribution < -0.4 is 0 Å². The van der Waals surface area contributed by atoms with Gasteiger partial charge in [0.1, 0.15) is 0 Å². The summed E-state index contributed by atoms with van der Waals surface area (Å²) in [6.07, 6.45) is 17.3. The van der Waals surface area contributed by atoms with Gasteiger partial charge in [0.05, 0.1) is 0 Å². The van der Waals surface area contributed by atoms with Crippen molar-refractivity contribution < 1.29 is 0 Å². The summed E-state index contributed by atoms with van der Waals surface area (Å²) in [7, 11) is 19.6. The van der Waals surface area contributed by atoms with Crippen molar-refractivity contribution in [2.75, 3.05) is 201 Å². The standard InChI is InChI=1S/C8H18N.3C7H16N.4C6H14N.2C5H12N.8C2H5.12CH3.10Ga/c1-4-7-8-9(5-2)6-3;1-4-6-7-8(3)5-2;2*1-4-7-8(5-2)6-3;1-4-5-6-7(2)3;2*1-4-6-7(3)5-2;1-4-7(5-2)6-3;2*1-4-5-6(2)3;8*1-2;;;;;;;;;;;;;;;;;;;;;;/h1,4-8H2,2-3H3;3*1,4-7H2,2-3H3;4*1,4-6H2,2-3H3;2*1,4-5H2,2-3H3;8*1H2,2H3;12*1H3;;;;;;;;;;. The van der Waals surface area contributed by atoms with Gasteiger partial charge in [-0.3, -0.25) is 0 Å². The Labute approximate surface area is 766 Å². The zero-order valence-electron chi connectivity index (χ0n) is 86.3. The molecule has 0 bridgehead atoms. The molecule has 0 N–H and O–H groups in total. The molecule has 0 heterocycles. The molecule has 0 aliphatic rings. The molecule has 0 unspecified atom stereocenters. The van der Waals surface area contributed by atoms with Crippen LogP contribution in [0.15, 0.2) is 0 Å². The van der Waals surface area contributed by atoms with E-state index in [9.17, 15) is 0 Å². The van der Waals surface area contributed by atoms with Gasteiger partial charge in [-0.15, -0.1) is 0 Å². The fourth-order valence-corrected chi connectivity index (χ4v) is 44.1. The third-order valence-electron chi connectivity index (χ3n) is 22.8. The SMILES string of the molecule is CCN(C)CCC[CH2][Ga]([CH3])[CH3].CCN(C)CC[CH2][Ga]([CH2]C)[CH2]C.CCN(C)CC[CH2][Ga]([CH3])[CH3].CCN(CC)CCC[CH2][Ga]([CH3])[CH3].CCN(CC)CC[CH2][Ga]([CH2]C)[CH2]C.CCN(CC)CC[CH2][Ga]([CH3])[CH3].CCN(CC)C[CH2][Ga]([CH2]C)[CH2]C.CN(C)CCC[CH2][Ga]([CH3])[CH3].CN(C)CC[CH2][Ga]([CH3])[CH3].C[CH2][Ga]([CH2]C)[CH2]CCN(C)C. The van der Waals surface area contributed by atoms with Crippen LogP contribution in [0.5, 0.6) is 0 Å². The molecule has 0 spiro atoms. The average molecular weight is 2150 g/mol. The molecular formula is C91H222Ga10N10. The van der Waals surface area contributed by atoms with E-state index in [0.29, 0.717) is 0 Å². The van der Waals surface area contributed by atoms with Gasteiger partial charge in [0.15, 0.2) is 0 Å². The third-order valence-corrected chi connectivity index (χ3v) is 71.8. The third kappa shape index (κ3) is 134. The molecule has 0 aromatic carbocycles. The minimum absolute atomic E-state index is 0.647.